The fourth-order valence-corrected chi connectivity index (χ4v) is 3.61. The van der Waals surface area contributed by atoms with Gasteiger partial charge in [0.25, 0.3) is 5.56 Å². The number of nitrogens with one attached hydrogen (secondary N) is 2. The Bertz CT molecular complexity index is 1400. The van der Waals surface area contributed by atoms with Crippen LogP contribution in [0, 0.1) is 29.9 Å². The summed E-state index contributed by atoms with van der Waals surface area (Å²) in [6.07, 6.45) is 0.734. The highest BCUT2D eigenvalue weighted by atomic mass is 19.1. The molecule has 2 aromatic carbocycles. The molecule has 4 rings (SSSR count). The summed E-state index contributed by atoms with van der Waals surface area (Å²) < 4.78 is 29.0. The summed E-state index contributed by atoms with van der Waals surface area (Å²) in [4.78, 5) is 17.1. The summed E-state index contributed by atoms with van der Waals surface area (Å²) >= 11 is 0. The average molecular weight is 419 g/mol. The minimum absolute atomic E-state index is 0.154. The monoisotopic (exact) mass is 419 g/mol. The number of fused-ring (bicyclic) bond motifs is 1. The molecule has 31 heavy (non-hydrogen) atoms. The maximum Gasteiger partial charge on any atom is 0.274 e. The Hall–Kier alpha value is -3.99. The van der Waals surface area contributed by atoms with Gasteiger partial charge in [-0.15, -0.1) is 0 Å². The van der Waals surface area contributed by atoms with Crippen LogP contribution in [0.1, 0.15) is 29.3 Å². The van der Waals surface area contributed by atoms with Crippen molar-refractivity contribution >= 4 is 11.5 Å². The van der Waals surface area contributed by atoms with Crippen molar-refractivity contribution in [1.29, 1.82) is 5.26 Å². The minimum Gasteiger partial charge on any atom is -0.366 e. The summed E-state index contributed by atoms with van der Waals surface area (Å²) in [6, 6.07) is 12.4. The van der Waals surface area contributed by atoms with Gasteiger partial charge in [-0.2, -0.15) is 5.26 Å². The topological polar surface area (TPSA) is 86.0 Å². The Morgan fingerprint density at radius 1 is 1.19 bits per heavy atom. The Balaban J connectivity index is 1.72. The molecule has 8 heteroatoms. The fraction of sp³-hybridized carbons (Fsp3) is 0.174. The van der Waals surface area contributed by atoms with Crippen LogP contribution >= 0.6 is 0 Å². The number of nitriles is 1. The molecule has 4 aromatic rings. The number of hydrogen-bond acceptors (Lipinski definition) is 4. The Morgan fingerprint density at radius 2 is 2.00 bits per heavy atom. The molecule has 2 N–H and O–H groups in total. The molecule has 0 aliphatic heterocycles. The summed E-state index contributed by atoms with van der Waals surface area (Å²) in [6.45, 7) is 4.07. The highest BCUT2D eigenvalue weighted by Crippen LogP contribution is 2.29. The molecular weight excluding hydrogens is 400 g/mol. The molecule has 2 heterocycles. The number of hydrogen-bond donors (Lipinski definition) is 2. The number of aromatic nitrogens is 3. The molecule has 0 fully saturated rings. The molecule has 0 unspecified atom stereocenters. The summed E-state index contributed by atoms with van der Waals surface area (Å²) in [5, 5.41) is 15.2. The number of halogens is 2. The van der Waals surface area contributed by atoms with E-state index in [0.29, 0.717) is 29.2 Å². The van der Waals surface area contributed by atoms with Crippen molar-refractivity contribution in [2.24, 2.45) is 0 Å². The van der Waals surface area contributed by atoms with Crippen LogP contribution in [-0.4, -0.2) is 14.6 Å². The maximum atomic E-state index is 14.4. The number of H-pyrrole nitrogens is 1. The van der Waals surface area contributed by atoms with Crippen LogP contribution in [0.5, 0.6) is 0 Å². The zero-order chi connectivity index (χ0) is 22.1. The molecule has 0 saturated heterocycles. The molecular formula is C23H19F2N5O. The van der Waals surface area contributed by atoms with Gasteiger partial charge in [-0.25, -0.2) is 18.3 Å². The number of nitrogens with zero attached hydrogens (tertiary/aromatic N) is 3. The van der Waals surface area contributed by atoms with E-state index < -0.39 is 11.6 Å². The Morgan fingerprint density at radius 3 is 2.71 bits per heavy atom. The van der Waals surface area contributed by atoms with Crippen LogP contribution in [0.3, 0.4) is 0 Å². The third kappa shape index (κ3) is 3.78. The van der Waals surface area contributed by atoms with E-state index in [4.69, 9.17) is 0 Å². The molecule has 0 bridgehead atoms. The normalized spacial score (nSPS) is 10.9. The number of rotatable bonds is 5. The zero-order valence-electron chi connectivity index (χ0n) is 17.0. The smallest absolute Gasteiger partial charge is 0.274 e. The standard InChI is InChI=1S/C23H19F2N5O/c1-3-15-8-14(4-5-16(15)11-26)12-27-20-10-21(31)30-23(28-20)22(13(2)29-30)18-7-6-17(24)9-19(18)25/h4-10,27,29H,3,12H2,1-2H3. The first-order chi connectivity index (χ1) is 14.9. The van der Waals surface area contributed by atoms with E-state index in [2.05, 4.69) is 21.5 Å². The predicted molar refractivity (Wildman–Crippen MR) is 114 cm³/mol. The number of anilines is 1. The lowest BCUT2D eigenvalue weighted by Crippen LogP contribution is -2.16. The molecule has 0 saturated carbocycles. The molecule has 0 radical (unpaired) electrons. The van der Waals surface area contributed by atoms with Gasteiger partial charge in [0, 0.05) is 29.9 Å². The van der Waals surface area contributed by atoms with Gasteiger partial charge in [0.15, 0.2) is 5.65 Å². The van der Waals surface area contributed by atoms with E-state index in [-0.39, 0.29) is 16.8 Å². The van der Waals surface area contributed by atoms with Crippen LogP contribution in [0.25, 0.3) is 16.8 Å². The van der Waals surface area contributed by atoms with E-state index in [9.17, 15) is 18.8 Å². The summed E-state index contributed by atoms with van der Waals surface area (Å²) in [5.74, 6) is -1.09. The van der Waals surface area contributed by atoms with Crippen molar-refractivity contribution in [1.82, 2.24) is 14.6 Å². The van der Waals surface area contributed by atoms with Crippen molar-refractivity contribution in [3.05, 3.63) is 86.8 Å². The van der Waals surface area contributed by atoms with Crippen LogP contribution < -0.4 is 10.9 Å². The summed E-state index contributed by atoms with van der Waals surface area (Å²) in [7, 11) is 0. The predicted octanol–water partition coefficient (Wildman–Crippen LogP) is 4.32. The zero-order valence-corrected chi connectivity index (χ0v) is 17.0. The first-order valence-corrected chi connectivity index (χ1v) is 9.74. The van der Waals surface area contributed by atoms with Crippen LogP contribution in [0.2, 0.25) is 0 Å². The first-order valence-electron chi connectivity index (χ1n) is 9.74. The second-order valence-corrected chi connectivity index (χ2v) is 7.19. The number of aryl methyl sites for hydroxylation is 2. The van der Waals surface area contributed by atoms with E-state index in [1.807, 2.05) is 19.1 Å². The van der Waals surface area contributed by atoms with E-state index in [1.54, 1.807) is 13.0 Å². The molecule has 2 aromatic heterocycles. The van der Waals surface area contributed by atoms with Gasteiger partial charge >= 0.3 is 0 Å². The third-order valence-electron chi connectivity index (χ3n) is 5.14. The Kier molecular flexibility index (Phi) is 5.26. The van der Waals surface area contributed by atoms with E-state index in [1.165, 1.54) is 16.6 Å². The second-order valence-electron chi connectivity index (χ2n) is 7.19. The van der Waals surface area contributed by atoms with Crippen molar-refractivity contribution in [3.8, 4) is 17.2 Å². The van der Waals surface area contributed by atoms with Gasteiger partial charge in [0.05, 0.1) is 17.2 Å². The van der Waals surface area contributed by atoms with E-state index in [0.717, 1.165) is 29.7 Å². The van der Waals surface area contributed by atoms with Gasteiger partial charge in [-0.05, 0) is 42.7 Å². The van der Waals surface area contributed by atoms with E-state index >= 15 is 0 Å². The van der Waals surface area contributed by atoms with Gasteiger partial charge in [0.1, 0.15) is 17.5 Å². The van der Waals surface area contributed by atoms with Crippen LogP contribution in [-0.2, 0) is 13.0 Å². The van der Waals surface area contributed by atoms with Crippen molar-refractivity contribution in [3.63, 3.8) is 0 Å². The van der Waals surface area contributed by atoms with Gasteiger partial charge < -0.3 is 5.32 Å². The molecule has 0 atom stereocenters. The first kappa shape index (κ1) is 20.3. The molecule has 0 amide bonds. The average Bonchev–Trinajstić information content (AvgIpc) is 3.08. The third-order valence-corrected chi connectivity index (χ3v) is 5.14. The van der Waals surface area contributed by atoms with Crippen molar-refractivity contribution in [2.45, 2.75) is 26.8 Å². The van der Waals surface area contributed by atoms with Gasteiger partial charge in [0.2, 0.25) is 0 Å². The Labute approximate surface area is 176 Å². The van der Waals surface area contributed by atoms with Crippen molar-refractivity contribution in [2.75, 3.05) is 5.32 Å². The second kappa shape index (κ2) is 8.03. The van der Waals surface area contributed by atoms with Crippen LogP contribution in [0.4, 0.5) is 14.6 Å². The molecule has 0 aliphatic rings. The lowest BCUT2D eigenvalue weighted by molar-refractivity contribution is 0.585. The highest BCUT2D eigenvalue weighted by Gasteiger charge is 2.18. The molecule has 0 aliphatic carbocycles. The maximum absolute atomic E-state index is 14.4. The minimum atomic E-state index is -0.734. The quantitative estimate of drug-likeness (QED) is 0.504. The lowest BCUT2D eigenvalue weighted by atomic mass is 10.0. The lowest BCUT2D eigenvalue weighted by Gasteiger charge is -2.09. The van der Waals surface area contributed by atoms with Gasteiger partial charge in [-0.3, -0.25) is 9.89 Å². The molecule has 6 nitrogen and oxygen atoms in total. The number of benzene rings is 2. The highest BCUT2D eigenvalue weighted by molar-refractivity contribution is 5.80. The molecule has 156 valence electrons. The summed E-state index contributed by atoms with van der Waals surface area (Å²) in [5.41, 5.74) is 3.48. The molecule has 0 spiro atoms. The van der Waals surface area contributed by atoms with Crippen LogP contribution in [0.15, 0.2) is 47.3 Å². The fourth-order valence-electron chi connectivity index (χ4n) is 3.61. The largest absolute Gasteiger partial charge is 0.366 e. The SMILES string of the molecule is CCc1cc(CNc2cc(=O)n3[nH]c(C)c(-c4ccc(F)cc4F)c3n2)ccc1C#N. The van der Waals surface area contributed by atoms with Crippen molar-refractivity contribution < 1.29 is 8.78 Å². The number of aromatic amines is 1. The van der Waals surface area contributed by atoms with Gasteiger partial charge in [-0.1, -0.05) is 19.1 Å².